The van der Waals surface area contributed by atoms with Crippen LogP contribution < -0.4 is 11.2 Å². The van der Waals surface area contributed by atoms with Gasteiger partial charge in [-0.3, -0.25) is 15.3 Å². The predicted octanol–water partition coefficient (Wildman–Crippen LogP) is -2.16. The van der Waals surface area contributed by atoms with Crippen molar-refractivity contribution in [3.05, 3.63) is 28.3 Å². The number of rotatable bonds is 5. The van der Waals surface area contributed by atoms with Crippen molar-refractivity contribution in [3.8, 4) is 0 Å². The number of methoxy groups -OCH3 is 1. The fraction of sp³-hybridized carbons (Fsp3) is 0.462. The summed E-state index contributed by atoms with van der Waals surface area (Å²) in [5.41, 5.74) is 0.935. The minimum absolute atomic E-state index is 0.111. The van der Waals surface area contributed by atoms with Gasteiger partial charge in [0.05, 0.1) is 13.7 Å². The summed E-state index contributed by atoms with van der Waals surface area (Å²) in [4.78, 5) is 26.8. The third-order valence-corrected chi connectivity index (χ3v) is 3.48. The summed E-state index contributed by atoms with van der Waals surface area (Å²) in [6, 6.07) is 0. The zero-order chi connectivity index (χ0) is 17.9. The van der Waals surface area contributed by atoms with Gasteiger partial charge in [-0.15, -0.1) is 0 Å². The SMILES string of the molecule is COC(=O)/C=C/c1cn([C@@H]2O[C@H](CO)[C@@H](O)[C@H]2O)c(=O)nc1NO. The molecule has 1 aromatic heterocycles. The molecule has 0 bridgehead atoms. The first-order chi connectivity index (χ1) is 11.4. The molecule has 4 atom stereocenters. The summed E-state index contributed by atoms with van der Waals surface area (Å²) in [6.45, 7) is -0.553. The number of carbonyl (C=O) groups excluding carboxylic acids is 1. The van der Waals surface area contributed by atoms with Crippen LogP contribution in [0.3, 0.4) is 0 Å². The highest BCUT2D eigenvalue weighted by Crippen LogP contribution is 2.28. The molecule has 1 aromatic rings. The number of ether oxygens (including phenoxy) is 2. The quantitative estimate of drug-likeness (QED) is 0.226. The molecule has 1 aliphatic rings. The summed E-state index contributed by atoms with van der Waals surface area (Å²) < 4.78 is 10.6. The van der Waals surface area contributed by atoms with E-state index in [-0.39, 0.29) is 11.4 Å². The molecule has 11 heteroatoms. The summed E-state index contributed by atoms with van der Waals surface area (Å²) >= 11 is 0. The molecule has 0 aromatic carbocycles. The first-order valence-corrected chi connectivity index (χ1v) is 6.84. The highest BCUT2D eigenvalue weighted by atomic mass is 16.6. The normalized spacial score (nSPS) is 26.7. The van der Waals surface area contributed by atoms with Crippen molar-refractivity contribution in [2.45, 2.75) is 24.5 Å². The number of hydrogen-bond donors (Lipinski definition) is 5. The molecule has 0 amide bonds. The number of aliphatic hydroxyl groups is 3. The molecule has 1 fully saturated rings. The number of esters is 1. The Morgan fingerprint density at radius 2 is 2.21 bits per heavy atom. The second kappa shape index (κ2) is 7.51. The molecular weight excluding hydrogens is 326 g/mol. The number of anilines is 1. The summed E-state index contributed by atoms with van der Waals surface area (Å²) in [5.74, 6) is -0.910. The third-order valence-electron chi connectivity index (χ3n) is 3.48. The Morgan fingerprint density at radius 1 is 1.50 bits per heavy atom. The lowest BCUT2D eigenvalue weighted by Crippen LogP contribution is -2.36. The van der Waals surface area contributed by atoms with Gasteiger partial charge in [0.1, 0.15) is 18.3 Å². The van der Waals surface area contributed by atoms with Crippen LogP contribution in [0.5, 0.6) is 0 Å². The number of nitrogens with zero attached hydrogens (tertiary/aromatic N) is 2. The highest BCUT2D eigenvalue weighted by molar-refractivity contribution is 5.87. The fourth-order valence-electron chi connectivity index (χ4n) is 2.21. The van der Waals surface area contributed by atoms with E-state index < -0.39 is 42.8 Å². The lowest BCUT2D eigenvalue weighted by atomic mass is 10.1. The van der Waals surface area contributed by atoms with Crippen LogP contribution in [0.2, 0.25) is 0 Å². The van der Waals surface area contributed by atoms with Gasteiger partial charge in [-0.2, -0.15) is 4.98 Å². The lowest BCUT2D eigenvalue weighted by Gasteiger charge is -2.18. The van der Waals surface area contributed by atoms with E-state index in [4.69, 9.17) is 15.1 Å². The number of hydrogen-bond acceptors (Lipinski definition) is 10. The Morgan fingerprint density at radius 3 is 2.75 bits per heavy atom. The first-order valence-electron chi connectivity index (χ1n) is 6.84. The van der Waals surface area contributed by atoms with Gasteiger partial charge < -0.3 is 24.8 Å². The largest absolute Gasteiger partial charge is 0.466 e. The van der Waals surface area contributed by atoms with Gasteiger partial charge in [0.15, 0.2) is 12.0 Å². The Balaban J connectivity index is 2.42. The molecule has 2 heterocycles. The maximum absolute atomic E-state index is 12.0. The number of nitrogens with one attached hydrogen (secondary N) is 1. The standard InChI is InChI=1S/C13H17N3O8/c1-23-8(18)3-2-6-4-16(13(21)14-11(6)15-22)12-10(20)9(19)7(5-17)24-12/h2-4,7,9-10,12,17,19-20,22H,5H2,1H3,(H,14,15,21)/b3-2+/t7-,9-,10-,12-/m1/s1. The molecule has 0 spiro atoms. The third kappa shape index (κ3) is 3.44. The van der Waals surface area contributed by atoms with Crippen molar-refractivity contribution in [3.63, 3.8) is 0 Å². The van der Waals surface area contributed by atoms with E-state index >= 15 is 0 Å². The van der Waals surface area contributed by atoms with Crippen molar-refractivity contribution in [2.24, 2.45) is 0 Å². The van der Waals surface area contributed by atoms with Crippen molar-refractivity contribution >= 4 is 17.9 Å². The average Bonchev–Trinajstić information content (AvgIpc) is 2.87. The lowest BCUT2D eigenvalue weighted by molar-refractivity contribution is -0.134. The van der Waals surface area contributed by atoms with Crippen molar-refractivity contribution in [2.75, 3.05) is 19.2 Å². The zero-order valence-electron chi connectivity index (χ0n) is 12.6. The van der Waals surface area contributed by atoms with E-state index in [2.05, 4.69) is 9.72 Å². The van der Waals surface area contributed by atoms with Gasteiger partial charge in [-0.1, -0.05) is 0 Å². The second-order valence-corrected chi connectivity index (χ2v) is 4.93. The van der Waals surface area contributed by atoms with Gasteiger partial charge in [0, 0.05) is 17.8 Å². The van der Waals surface area contributed by atoms with Crippen LogP contribution in [0.25, 0.3) is 6.08 Å². The molecule has 2 rings (SSSR count). The molecule has 0 unspecified atom stereocenters. The Bertz CT molecular complexity index is 688. The van der Waals surface area contributed by atoms with E-state index in [0.29, 0.717) is 0 Å². The Labute approximate surface area is 135 Å². The van der Waals surface area contributed by atoms with Gasteiger partial charge in [-0.05, 0) is 6.08 Å². The van der Waals surface area contributed by atoms with Crippen molar-refractivity contribution in [1.29, 1.82) is 0 Å². The maximum Gasteiger partial charge on any atom is 0.351 e. The maximum atomic E-state index is 12.0. The fourth-order valence-corrected chi connectivity index (χ4v) is 2.21. The van der Waals surface area contributed by atoms with E-state index in [0.717, 1.165) is 16.8 Å². The molecule has 1 saturated heterocycles. The van der Waals surface area contributed by atoms with Crippen LogP contribution in [0.4, 0.5) is 5.82 Å². The first kappa shape index (κ1) is 18.0. The molecule has 11 nitrogen and oxygen atoms in total. The summed E-state index contributed by atoms with van der Waals surface area (Å²) in [7, 11) is 1.18. The van der Waals surface area contributed by atoms with Gasteiger partial charge in [-0.25, -0.2) is 9.59 Å². The van der Waals surface area contributed by atoms with Crippen molar-refractivity contribution < 1.29 is 34.8 Å². The predicted molar refractivity (Wildman–Crippen MR) is 78.0 cm³/mol. The van der Waals surface area contributed by atoms with Crippen molar-refractivity contribution in [1.82, 2.24) is 9.55 Å². The van der Waals surface area contributed by atoms with Crippen LogP contribution in [0, 0.1) is 0 Å². The molecule has 0 radical (unpaired) electrons. The van der Waals surface area contributed by atoms with E-state index in [1.807, 2.05) is 0 Å². The highest BCUT2D eigenvalue weighted by Gasteiger charge is 2.43. The topological polar surface area (TPSA) is 163 Å². The number of aliphatic hydroxyl groups excluding tert-OH is 3. The second-order valence-electron chi connectivity index (χ2n) is 4.93. The monoisotopic (exact) mass is 343 g/mol. The van der Waals surface area contributed by atoms with Crippen LogP contribution in [0.1, 0.15) is 11.8 Å². The van der Waals surface area contributed by atoms with Gasteiger partial charge in [0.25, 0.3) is 0 Å². The van der Waals surface area contributed by atoms with Crippen LogP contribution in [-0.4, -0.2) is 68.1 Å². The van der Waals surface area contributed by atoms with Crippen LogP contribution in [0.15, 0.2) is 17.1 Å². The Kier molecular flexibility index (Phi) is 5.64. The minimum Gasteiger partial charge on any atom is -0.466 e. The molecule has 0 saturated carbocycles. The Hall–Kier alpha value is -2.31. The van der Waals surface area contributed by atoms with Gasteiger partial charge in [0.2, 0.25) is 0 Å². The number of carbonyl (C=O) groups is 1. The molecule has 132 valence electrons. The molecular formula is C13H17N3O8. The van der Waals surface area contributed by atoms with Gasteiger partial charge >= 0.3 is 11.7 Å². The molecule has 24 heavy (non-hydrogen) atoms. The molecule has 0 aliphatic carbocycles. The smallest absolute Gasteiger partial charge is 0.351 e. The van der Waals surface area contributed by atoms with Crippen LogP contribution >= 0.6 is 0 Å². The minimum atomic E-state index is -1.48. The van der Waals surface area contributed by atoms with E-state index in [9.17, 15) is 19.8 Å². The molecule has 1 aliphatic heterocycles. The summed E-state index contributed by atoms with van der Waals surface area (Å²) in [6.07, 6.45) is -1.83. The van der Waals surface area contributed by atoms with E-state index in [1.54, 1.807) is 5.48 Å². The average molecular weight is 343 g/mol. The molecule has 5 N–H and O–H groups in total. The summed E-state index contributed by atoms with van der Waals surface area (Å²) in [5, 5.41) is 37.9. The zero-order valence-corrected chi connectivity index (χ0v) is 12.6. The van der Waals surface area contributed by atoms with E-state index in [1.165, 1.54) is 13.2 Å². The van der Waals surface area contributed by atoms with Crippen LogP contribution in [-0.2, 0) is 14.3 Å². The number of aromatic nitrogens is 2.